The number of hydrogen-bond acceptors (Lipinski definition) is 7. The van der Waals surface area contributed by atoms with E-state index in [-0.39, 0.29) is 34.5 Å². The van der Waals surface area contributed by atoms with Crippen molar-refractivity contribution in [3.8, 4) is 28.7 Å². The number of rotatable bonds is 4. The maximum Gasteiger partial charge on any atom is 0.160 e. The fraction of sp³-hybridized carbons (Fsp3) is 0.231. The highest BCUT2D eigenvalue weighted by molar-refractivity contribution is 5.63. The summed E-state index contributed by atoms with van der Waals surface area (Å²) in [6.07, 6.45) is 5.73. The zero-order chi connectivity index (χ0) is 24.5. The second-order valence-electron chi connectivity index (χ2n) is 8.48. The number of hydrogen-bond donors (Lipinski definition) is 1. The maximum atomic E-state index is 14.4. The third-order valence-corrected chi connectivity index (χ3v) is 6.47. The molecule has 1 unspecified atom stereocenters. The summed E-state index contributed by atoms with van der Waals surface area (Å²) in [5.41, 5.74) is 9.01. The van der Waals surface area contributed by atoms with Crippen molar-refractivity contribution < 1.29 is 8.78 Å². The molecule has 0 aliphatic heterocycles. The molecule has 2 atom stereocenters. The number of fused-ring (bicyclic) bond motifs is 1. The number of halogens is 2. The monoisotopic (exact) mass is 469 g/mol. The van der Waals surface area contributed by atoms with Crippen molar-refractivity contribution in [1.29, 1.82) is 5.26 Å². The van der Waals surface area contributed by atoms with E-state index in [4.69, 9.17) is 10.7 Å². The predicted octanol–water partition coefficient (Wildman–Crippen LogP) is 5.15. The van der Waals surface area contributed by atoms with Crippen molar-refractivity contribution in [2.75, 3.05) is 5.73 Å². The first-order valence-corrected chi connectivity index (χ1v) is 11.3. The summed E-state index contributed by atoms with van der Waals surface area (Å²) in [6.45, 7) is 2.09. The lowest BCUT2D eigenvalue weighted by Gasteiger charge is -2.29. The molecule has 0 spiro atoms. The van der Waals surface area contributed by atoms with Gasteiger partial charge in [-0.1, -0.05) is 13.0 Å². The van der Waals surface area contributed by atoms with Crippen LogP contribution < -0.4 is 5.73 Å². The minimum Gasteiger partial charge on any atom is -0.383 e. The summed E-state index contributed by atoms with van der Waals surface area (Å²) in [7, 11) is 0. The zero-order valence-electron chi connectivity index (χ0n) is 18.9. The van der Waals surface area contributed by atoms with Crippen LogP contribution in [0.15, 0.2) is 48.8 Å². The number of nitriles is 1. The number of benzene rings is 1. The van der Waals surface area contributed by atoms with E-state index in [2.05, 4.69) is 27.1 Å². The van der Waals surface area contributed by atoms with Gasteiger partial charge in [0.05, 0.1) is 28.2 Å². The van der Waals surface area contributed by atoms with Crippen LogP contribution in [0.25, 0.3) is 22.6 Å². The molecule has 3 aromatic heterocycles. The average molecular weight is 469 g/mol. The molecule has 0 bridgehead atoms. The van der Waals surface area contributed by atoms with Gasteiger partial charge in [0.15, 0.2) is 5.82 Å². The van der Waals surface area contributed by atoms with Gasteiger partial charge in [-0.3, -0.25) is 0 Å². The first kappa shape index (κ1) is 22.5. The Morgan fingerprint density at radius 2 is 1.89 bits per heavy atom. The molecule has 3 heterocycles. The molecule has 0 saturated carbocycles. The van der Waals surface area contributed by atoms with Crippen LogP contribution in [0, 0.1) is 23.0 Å². The van der Waals surface area contributed by atoms with Crippen LogP contribution in [0.4, 0.5) is 14.6 Å². The summed E-state index contributed by atoms with van der Waals surface area (Å²) in [5.74, 6) is -0.729. The maximum absolute atomic E-state index is 14.4. The lowest BCUT2D eigenvalue weighted by atomic mass is 9.77. The largest absolute Gasteiger partial charge is 0.383 e. The Balaban J connectivity index is 1.57. The van der Waals surface area contributed by atoms with Gasteiger partial charge in [0.25, 0.3) is 0 Å². The van der Waals surface area contributed by atoms with Gasteiger partial charge in [-0.05, 0) is 61.1 Å². The number of anilines is 1. The van der Waals surface area contributed by atoms with Crippen LogP contribution in [0.1, 0.15) is 60.5 Å². The zero-order valence-corrected chi connectivity index (χ0v) is 18.9. The van der Waals surface area contributed by atoms with E-state index in [0.29, 0.717) is 11.4 Å². The molecule has 0 fully saturated rings. The van der Waals surface area contributed by atoms with Crippen molar-refractivity contribution in [1.82, 2.24) is 25.1 Å². The van der Waals surface area contributed by atoms with Crippen molar-refractivity contribution >= 4 is 5.82 Å². The molecular formula is C26H21F2N7. The average Bonchev–Trinajstić information content (AvgIpc) is 2.88. The predicted molar refractivity (Wildman–Crippen MR) is 126 cm³/mol. The Morgan fingerprint density at radius 3 is 2.63 bits per heavy atom. The quantitative estimate of drug-likeness (QED) is 0.440. The molecule has 1 aliphatic carbocycles. The number of nitrogen functional groups attached to an aromatic ring is 1. The van der Waals surface area contributed by atoms with E-state index in [1.54, 1.807) is 18.3 Å². The topological polar surface area (TPSA) is 114 Å². The van der Waals surface area contributed by atoms with Crippen molar-refractivity contribution in [3.05, 3.63) is 82.9 Å². The summed E-state index contributed by atoms with van der Waals surface area (Å²) < 4.78 is 28.8. The van der Waals surface area contributed by atoms with Crippen LogP contribution in [0.2, 0.25) is 0 Å². The molecular weight excluding hydrogens is 448 g/mol. The molecule has 1 aliphatic rings. The highest BCUT2D eigenvalue weighted by atomic mass is 19.1. The Kier molecular flexibility index (Phi) is 5.87. The van der Waals surface area contributed by atoms with Gasteiger partial charge in [-0.15, -0.1) is 5.10 Å². The van der Waals surface area contributed by atoms with Crippen LogP contribution in [0.5, 0.6) is 0 Å². The second kappa shape index (κ2) is 9.14. The van der Waals surface area contributed by atoms with E-state index in [1.165, 1.54) is 24.4 Å². The van der Waals surface area contributed by atoms with Gasteiger partial charge in [0.2, 0.25) is 0 Å². The molecule has 35 heavy (non-hydrogen) atoms. The van der Waals surface area contributed by atoms with Gasteiger partial charge >= 0.3 is 0 Å². The Hall–Kier alpha value is -4.32. The first-order valence-electron chi connectivity index (χ1n) is 11.3. The Labute approximate surface area is 200 Å². The van der Waals surface area contributed by atoms with E-state index in [9.17, 15) is 14.0 Å². The minimum atomic E-state index is -0.672. The normalized spacial score (nSPS) is 17.0. The number of nitrogens with zero attached hydrogens (tertiary/aromatic N) is 6. The molecule has 2 N–H and O–H groups in total. The molecule has 174 valence electrons. The molecule has 1 aromatic carbocycles. The molecule has 9 heteroatoms. The van der Waals surface area contributed by atoms with E-state index < -0.39 is 11.6 Å². The summed E-state index contributed by atoms with van der Waals surface area (Å²) >= 11 is 0. The number of pyridine rings is 1. The Morgan fingerprint density at radius 1 is 1.09 bits per heavy atom. The van der Waals surface area contributed by atoms with Gasteiger partial charge in [-0.2, -0.15) is 10.4 Å². The van der Waals surface area contributed by atoms with Crippen LogP contribution in [-0.2, 0) is 0 Å². The smallest absolute Gasteiger partial charge is 0.160 e. The SMILES string of the molecule is CC[C@H]1CCC(c2ccnc(-c3cnc(N)c(C#N)c3)n2)c2nnc(-c3c(F)cccc3F)cc21. The fourth-order valence-electron chi connectivity index (χ4n) is 4.64. The second-order valence-corrected chi connectivity index (χ2v) is 8.48. The number of aromatic nitrogens is 5. The molecule has 7 nitrogen and oxygen atoms in total. The summed E-state index contributed by atoms with van der Waals surface area (Å²) in [6, 6.07) is 11.0. The lowest BCUT2D eigenvalue weighted by molar-refractivity contribution is 0.486. The van der Waals surface area contributed by atoms with Gasteiger partial charge in [-0.25, -0.2) is 23.7 Å². The molecule has 0 amide bonds. The minimum absolute atomic E-state index is 0.150. The van der Waals surface area contributed by atoms with E-state index in [0.717, 1.165) is 36.2 Å². The van der Waals surface area contributed by atoms with Crippen LogP contribution in [-0.4, -0.2) is 25.1 Å². The molecule has 4 aromatic rings. The fourth-order valence-corrected chi connectivity index (χ4v) is 4.64. The van der Waals surface area contributed by atoms with Crippen molar-refractivity contribution in [3.63, 3.8) is 0 Å². The highest BCUT2D eigenvalue weighted by Gasteiger charge is 2.31. The van der Waals surface area contributed by atoms with Crippen LogP contribution in [0.3, 0.4) is 0 Å². The molecule has 0 saturated heterocycles. The number of nitrogens with two attached hydrogens (primary N) is 1. The van der Waals surface area contributed by atoms with Gasteiger partial charge in [0.1, 0.15) is 23.5 Å². The molecule has 0 radical (unpaired) electrons. The third kappa shape index (κ3) is 4.08. The third-order valence-electron chi connectivity index (χ3n) is 6.47. The van der Waals surface area contributed by atoms with E-state index >= 15 is 0 Å². The standard InChI is InChI=1S/C26H21F2N7/c1-2-14-6-7-17(21-8-9-31-26(33-21)16-10-15(12-29)25(30)32-13-16)24-18(14)11-22(34-35-24)23-19(27)4-3-5-20(23)28/h3-5,8-11,13-14,17H,2,6-7H2,1H3,(H2,30,32)/t14-,17?/m0/s1. The van der Waals surface area contributed by atoms with Crippen molar-refractivity contribution in [2.24, 2.45) is 0 Å². The molecule has 5 rings (SSSR count). The summed E-state index contributed by atoms with van der Waals surface area (Å²) in [5, 5.41) is 17.9. The van der Waals surface area contributed by atoms with Gasteiger partial charge < -0.3 is 5.73 Å². The lowest BCUT2D eigenvalue weighted by Crippen LogP contribution is -2.19. The first-order chi connectivity index (χ1) is 17.0. The van der Waals surface area contributed by atoms with Crippen molar-refractivity contribution in [2.45, 2.75) is 38.0 Å². The van der Waals surface area contributed by atoms with E-state index in [1.807, 2.05) is 12.1 Å². The summed E-state index contributed by atoms with van der Waals surface area (Å²) in [4.78, 5) is 13.2. The highest BCUT2D eigenvalue weighted by Crippen LogP contribution is 2.43. The van der Waals surface area contributed by atoms with Gasteiger partial charge in [0, 0.05) is 23.9 Å². The van der Waals surface area contributed by atoms with Crippen LogP contribution >= 0.6 is 0 Å². The Bertz CT molecular complexity index is 1440.